The molecule has 10 nitrogen and oxygen atoms in total. The number of carbonyl (C=O) groups excluding carboxylic acids is 2. The number of aliphatic hydroxyl groups excluding tert-OH is 1. The van der Waals surface area contributed by atoms with Crippen LogP contribution in [0.1, 0.15) is 79.2 Å². The van der Waals surface area contributed by atoms with E-state index >= 15 is 0 Å². The molecule has 0 saturated carbocycles. The highest BCUT2D eigenvalue weighted by molar-refractivity contribution is 7.92. The molecule has 0 fully saturated rings. The molecule has 1 aromatic heterocycles. The van der Waals surface area contributed by atoms with Gasteiger partial charge in [-0.15, -0.1) is 12.4 Å². The third-order valence-electron chi connectivity index (χ3n) is 8.17. The number of aliphatic hydroxyl groups is 1. The summed E-state index contributed by atoms with van der Waals surface area (Å²) in [4.78, 5) is 26.9. The van der Waals surface area contributed by atoms with Gasteiger partial charge in [-0.3, -0.25) is 14.7 Å². The molecule has 0 saturated heterocycles. The zero-order valence-electron chi connectivity index (χ0n) is 28.5. The van der Waals surface area contributed by atoms with Crippen LogP contribution in [0.3, 0.4) is 0 Å². The van der Waals surface area contributed by atoms with Gasteiger partial charge in [0.1, 0.15) is 17.7 Å². The lowest BCUT2D eigenvalue weighted by atomic mass is 10.00. The van der Waals surface area contributed by atoms with E-state index in [0.29, 0.717) is 31.6 Å². The Bertz CT molecular complexity index is 1670. The third-order valence-corrected chi connectivity index (χ3v) is 10.5. The Hall–Kier alpha value is -3.60. The fourth-order valence-electron chi connectivity index (χ4n) is 5.62. The Morgan fingerprint density at radius 1 is 0.941 bits per heavy atom. The second-order valence-corrected chi connectivity index (χ2v) is 14.5. The molecule has 2 amide bonds. The van der Waals surface area contributed by atoms with Crippen molar-refractivity contribution < 1.29 is 45.1 Å². The highest BCUT2D eigenvalue weighted by atomic mass is 35.5. The first kappa shape index (κ1) is 43.6. The summed E-state index contributed by atoms with van der Waals surface area (Å²) in [6.45, 7) is 5.74. The number of nitrogens with one attached hydrogen (secondary N) is 4. The number of rotatable bonds is 19. The predicted molar refractivity (Wildman–Crippen MR) is 185 cm³/mol. The van der Waals surface area contributed by atoms with Crippen LogP contribution < -0.4 is 16.0 Å². The van der Waals surface area contributed by atoms with Gasteiger partial charge in [-0.2, -0.15) is 18.3 Å². The smallest absolute Gasteiger partial charge is 0.390 e. The van der Waals surface area contributed by atoms with Gasteiger partial charge in [0.05, 0.1) is 34.9 Å². The molecule has 0 radical (unpaired) electrons. The summed E-state index contributed by atoms with van der Waals surface area (Å²) in [6.07, 6.45) is -3.86. The average molecular weight is 766 g/mol. The van der Waals surface area contributed by atoms with E-state index in [-0.39, 0.29) is 43.8 Å². The van der Waals surface area contributed by atoms with Gasteiger partial charge < -0.3 is 21.1 Å². The van der Waals surface area contributed by atoms with E-state index in [4.69, 9.17) is 0 Å². The molecule has 2 aromatic carbocycles. The number of hydrogen-bond donors (Lipinski definition) is 5. The molecule has 3 rings (SSSR count). The van der Waals surface area contributed by atoms with Gasteiger partial charge in [-0.1, -0.05) is 57.9 Å². The van der Waals surface area contributed by atoms with Crippen LogP contribution in [0, 0.1) is 11.6 Å². The Morgan fingerprint density at radius 3 is 2.16 bits per heavy atom. The summed E-state index contributed by atoms with van der Waals surface area (Å²) >= 11 is 0. The molecule has 0 unspecified atom stereocenters. The largest absolute Gasteiger partial charge is 0.433 e. The number of aromatic nitrogens is 2. The lowest BCUT2D eigenvalue weighted by molar-refractivity contribution is -0.141. The molecule has 0 spiro atoms. The van der Waals surface area contributed by atoms with Crippen LogP contribution in [0.4, 0.5) is 22.0 Å². The Morgan fingerprint density at radius 2 is 1.57 bits per heavy atom. The minimum Gasteiger partial charge on any atom is -0.390 e. The fraction of sp³-hybridized carbons (Fsp3) is 0.500. The number of carbonyl (C=O) groups is 2. The lowest BCUT2D eigenvalue weighted by Gasteiger charge is -2.28. The third kappa shape index (κ3) is 13.2. The Kier molecular flexibility index (Phi) is 17.0. The van der Waals surface area contributed by atoms with E-state index in [9.17, 15) is 45.1 Å². The molecule has 0 aliphatic heterocycles. The number of aromatic amines is 1. The van der Waals surface area contributed by atoms with Crippen molar-refractivity contribution in [1.29, 1.82) is 0 Å². The minimum atomic E-state index is -5.01. The molecule has 0 bridgehead atoms. The minimum absolute atomic E-state index is 0. The first-order valence-corrected chi connectivity index (χ1v) is 18.1. The standard InChI is InChI=1S/C34H44F5N5O5S.ClH/c1-4-8-26(9-5-2)50(48,49)20-29(43-32(46)27-18-41-44-31(27)34(37,38)39)33(47)42-28(15-23-13-24(35)16-25(36)14-23)30(45)19-40-17-22-11-7-10-21(6-3)12-22;/h7,10-14,16,18,26,28-30,40,45H,4-6,8-9,15,17,19-20H2,1-3H3,(H,41,44)(H,42,47)(H,43,46);1H/t28-,29+,30+;/m0./s1. The van der Waals surface area contributed by atoms with Gasteiger partial charge in [-0.05, 0) is 54.5 Å². The van der Waals surface area contributed by atoms with Gasteiger partial charge in [0.2, 0.25) is 5.91 Å². The molecule has 3 aromatic rings. The number of H-pyrrole nitrogens is 1. The van der Waals surface area contributed by atoms with Gasteiger partial charge in [0, 0.05) is 19.2 Å². The van der Waals surface area contributed by atoms with Crippen molar-refractivity contribution in [3.05, 3.63) is 88.2 Å². The van der Waals surface area contributed by atoms with Crippen molar-refractivity contribution in [3.8, 4) is 0 Å². The Labute approximate surface area is 300 Å². The molecule has 51 heavy (non-hydrogen) atoms. The van der Waals surface area contributed by atoms with Gasteiger partial charge in [-0.25, -0.2) is 17.2 Å². The normalized spacial score (nSPS) is 13.7. The van der Waals surface area contributed by atoms with Crippen LogP contribution in [-0.2, 0) is 40.2 Å². The van der Waals surface area contributed by atoms with E-state index in [2.05, 4.69) is 21.0 Å². The molecule has 17 heteroatoms. The first-order chi connectivity index (χ1) is 23.6. The molecule has 284 valence electrons. The van der Waals surface area contributed by atoms with Gasteiger partial charge in [0.25, 0.3) is 5.91 Å². The second kappa shape index (κ2) is 19.9. The molecule has 0 aliphatic carbocycles. The SMILES string of the molecule is CCCC(CCC)S(=O)(=O)C[C@@H](NC(=O)c1cn[nH]c1C(F)(F)F)C(=O)N[C@@H](Cc1cc(F)cc(F)c1)[C@H](O)CNCc1cccc(CC)c1.Cl. The first-order valence-electron chi connectivity index (χ1n) is 16.4. The molecule has 0 aliphatic rings. The highest BCUT2D eigenvalue weighted by Gasteiger charge is 2.39. The van der Waals surface area contributed by atoms with Crippen LogP contribution in [0.25, 0.3) is 0 Å². The van der Waals surface area contributed by atoms with Gasteiger partial charge in [0.15, 0.2) is 15.5 Å². The number of aryl methyl sites for hydroxylation is 1. The van der Waals surface area contributed by atoms with Crippen molar-refractivity contribution in [2.45, 2.75) is 95.5 Å². The monoisotopic (exact) mass is 765 g/mol. The summed E-state index contributed by atoms with van der Waals surface area (Å²) in [7, 11) is -4.12. The quantitative estimate of drug-likeness (QED) is 0.107. The van der Waals surface area contributed by atoms with Crippen molar-refractivity contribution in [1.82, 2.24) is 26.1 Å². The van der Waals surface area contributed by atoms with E-state index in [0.717, 1.165) is 29.7 Å². The van der Waals surface area contributed by atoms with Crippen molar-refractivity contribution in [3.63, 3.8) is 0 Å². The lowest BCUT2D eigenvalue weighted by Crippen LogP contribution is -2.57. The molecule has 1 heterocycles. The number of sulfone groups is 1. The number of alkyl halides is 3. The topological polar surface area (TPSA) is 153 Å². The number of hydrogen-bond acceptors (Lipinski definition) is 7. The zero-order valence-corrected chi connectivity index (χ0v) is 30.2. The Balaban J connectivity index is 0.00000901. The van der Waals surface area contributed by atoms with Crippen LogP contribution in [0.15, 0.2) is 48.7 Å². The fourth-order valence-corrected chi connectivity index (χ4v) is 7.79. The summed E-state index contributed by atoms with van der Waals surface area (Å²) in [5.41, 5.74) is -0.416. The van der Waals surface area contributed by atoms with Crippen molar-refractivity contribution >= 4 is 34.1 Å². The number of halogens is 6. The van der Waals surface area contributed by atoms with Gasteiger partial charge >= 0.3 is 6.18 Å². The van der Waals surface area contributed by atoms with E-state index in [1.54, 1.807) is 18.9 Å². The van der Waals surface area contributed by atoms with Crippen LogP contribution in [-0.4, -0.2) is 71.3 Å². The van der Waals surface area contributed by atoms with E-state index in [1.165, 1.54) is 0 Å². The highest BCUT2D eigenvalue weighted by Crippen LogP contribution is 2.30. The summed E-state index contributed by atoms with van der Waals surface area (Å²) < 4.78 is 95.9. The second-order valence-electron chi connectivity index (χ2n) is 12.2. The summed E-state index contributed by atoms with van der Waals surface area (Å²) in [6, 6.07) is 7.12. The van der Waals surface area contributed by atoms with Crippen molar-refractivity contribution in [2.24, 2.45) is 0 Å². The summed E-state index contributed by atoms with van der Waals surface area (Å²) in [5, 5.41) is 23.0. The average Bonchev–Trinajstić information content (AvgIpc) is 3.55. The molecule has 5 N–H and O–H groups in total. The zero-order chi connectivity index (χ0) is 37.1. The van der Waals surface area contributed by atoms with E-state index < -0.39 is 79.9 Å². The summed E-state index contributed by atoms with van der Waals surface area (Å²) in [5.74, 6) is -5.34. The van der Waals surface area contributed by atoms with Crippen molar-refractivity contribution in [2.75, 3.05) is 12.3 Å². The van der Waals surface area contributed by atoms with Crippen LogP contribution in [0.2, 0.25) is 0 Å². The van der Waals surface area contributed by atoms with Crippen LogP contribution in [0.5, 0.6) is 0 Å². The number of nitrogens with zero attached hydrogens (tertiary/aromatic N) is 1. The maximum atomic E-state index is 14.1. The van der Waals surface area contributed by atoms with Crippen LogP contribution >= 0.6 is 12.4 Å². The predicted octanol–water partition coefficient (Wildman–Crippen LogP) is 5.05. The number of benzene rings is 2. The molecular weight excluding hydrogens is 721 g/mol. The maximum Gasteiger partial charge on any atom is 0.433 e. The maximum absolute atomic E-state index is 14.1. The molecule has 3 atom stereocenters. The number of amides is 2. The van der Waals surface area contributed by atoms with E-state index in [1.807, 2.05) is 31.2 Å². The molecular formula is C34H45ClF5N5O5S.